The van der Waals surface area contributed by atoms with Crippen LogP contribution in [0.1, 0.15) is 50.0 Å². The number of ether oxygens (including phenoxy) is 1. The Kier molecular flexibility index (Phi) is 7.36. The molecule has 3 heterocycles. The average Bonchev–Trinajstić information content (AvgIpc) is 3.46. The van der Waals surface area contributed by atoms with Gasteiger partial charge in [-0.2, -0.15) is 0 Å². The fourth-order valence-electron chi connectivity index (χ4n) is 4.44. The molecule has 1 aromatic carbocycles. The van der Waals surface area contributed by atoms with E-state index < -0.39 is 12.9 Å². The number of benzene rings is 1. The number of anilines is 3. The van der Waals surface area contributed by atoms with E-state index in [4.69, 9.17) is 8.85 Å². The van der Waals surface area contributed by atoms with Gasteiger partial charge in [-0.3, -0.25) is 14.4 Å². The van der Waals surface area contributed by atoms with E-state index in [1.54, 1.807) is 18.2 Å². The topological polar surface area (TPSA) is 150 Å². The number of carbonyl (C=O) groups is 3. The molecule has 4 N–H and O–H groups in total. The Labute approximate surface area is 240 Å². The van der Waals surface area contributed by atoms with Crippen molar-refractivity contribution in [3.05, 3.63) is 41.0 Å². The summed E-state index contributed by atoms with van der Waals surface area (Å²) in [5.74, 6) is -1.03. The highest BCUT2D eigenvalue weighted by atomic mass is 32.1. The molecule has 0 bridgehead atoms. The molecule has 2 fully saturated rings. The van der Waals surface area contributed by atoms with E-state index in [-0.39, 0.29) is 34.9 Å². The van der Waals surface area contributed by atoms with Gasteiger partial charge >= 0.3 is 0 Å². The van der Waals surface area contributed by atoms with E-state index >= 15 is 0 Å². The Morgan fingerprint density at radius 3 is 2.73 bits per heavy atom. The van der Waals surface area contributed by atoms with Crippen LogP contribution in [-0.2, 0) is 4.79 Å². The fourth-order valence-corrected chi connectivity index (χ4v) is 5.30. The second kappa shape index (κ2) is 12.4. The van der Waals surface area contributed by atoms with Crippen molar-refractivity contribution < 1.29 is 23.2 Å². The standard InChI is InChI=1S/C27H32N8O4S/c1-28-26(38)22-19(14-21(33-34-22)32-24(36)16-8-9-16)31-18-7-5-6-17(23(18)39-2)27-30-15-20(40-27)25(37)29-10-13-35-11-3-4-12-35/h5-7,14-16H,3-4,8-13H2,1-2H3,(H,28,38)(H,29,37)(H2,31,32,33,36)/i1D3. The number of likely N-dealkylation sites (tertiary alicyclic amines) is 1. The Morgan fingerprint density at radius 1 is 1.15 bits per heavy atom. The molecule has 0 atom stereocenters. The second-order valence-electron chi connectivity index (χ2n) is 9.56. The van der Waals surface area contributed by atoms with E-state index in [1.165, 1.54) is 43.6 Å². The number of rotatable bonds is 11. The number of amides is 3. The van der Waals surface area contributed by atoms with Gasteiger partial charge in [-0.1, -0.05) is 6.07 Å². The maximum absolute atomic E-state index is 12.8. The lowest BCUT2D eigenvalue weighted by Crippen LogP contribution is -2.33. The van der Waals surface area contributed by atoms with Crippen molar-refractivity contribution in [1.82, 2.24) is 30.7 Å². The summed E-state index contributed by atoms with van der Waals surface area (Å²) in [4.78, 5) is 45.1. The highest BCUT2D eigenvalue weighted by Gasteiger charge is 2.30. The van der Waals surface area contributed by atoms with Crippen molar-refractivity contribution in [1.29, 1.82) is 0 Å². The SMILES string of the molecule is [2H]C([2H])([2H])NC(=O)c1nnc(NC(=O)C2CC2)cc1Nc1cccc(-c2ncc(C(=O)NCCN3CCCC3)s2)c1OC. The lowest BCUT2D eigenvalue weighted by atomic mass is 10.1. The van der Waals surface area contributed by atoms with Crippen LogP contribution in [0.2, 0.25) is 0 Å². The molecular formula is C27H32N8O4S. The molecule has 12 nitrogen and oxygen atoms in total. The third kappa shape index (κ3) is 6.37. The van der Waals surface area contributed by atoms with Gasteiger partial charge in [0.25, 0.3) is 11.8 Å². The summed E-state index contributed by atoms with van der Waals surface area (Å²) >= 11 is 1.21. The Hall–Kier alpha value is -4.10. The van der Waals surface area contributed by atoms with Crippen LogP contribution < -0.4 is 26.0 Å². The average molecular weight is 568 g/mol. The number of hydrogen-bond acceptors (Lipinski definition) is 10. The van der Waals surface area contributed by atoms with Crippen molar-refractivity contribution in [2.24, 2.45) is 5.92 Å². The quantitative estimate of drug-likeness (QED) is 0.274. The Balaban J connectivity index is 1.38. The highest BCUT2D eigenvalue weighted by molar-refractivity contribution is 7.17. The number of carbonyl (C=O) groups excluding carboxylic acids is 3. The van der Waals surface area contributed by atoms with Gasteiger partial charge in [-0.25, -0.2) is 4.98 Å². The number of aromatic nitrogens is 3. The summed E-state index contributed by atoms with van der Waals surface area (Å²) < 4.78 is 27.9. The normalized spacial score (nSPS) is 16.4. The van der Waals surface area contributed by atoms with Crippen LogP contribution in [0.15, 0.2) is 30.5 Å². The van der Waals surface area contributed by atoms with Gasteiger partial charge < -0.3 is 30.9 Å². The lowest BCUT2D eigenvalue weighted by molar-refractivity contribution is -0.117. The van der Waals surface area contributed by atoms with Crippen molar-refractivity contribution in [3.8, 4) is 16.3 Å². The van der Waals surface area contributed by atoms with E-state index in [0.29, 0.717) is 33.4 Å². The Morgan fingerprint density at radius 2 is 1.98 bits per heavy atom. The van der Waals surface area contributed by atoms with Crippen LogP contribution in [0.4, 0.5) is 17.2 Å². The number of thiazole rings is 1. The van der Waals surface area contributed by atoms with E-state index in [2.05, 4.69) is 36.0 Å². The summed E-state index contributed by atoms with van der Waals surface area (Å²) in [7, 11) is 1.47. The third-order valence-electron chi connectivity index (χ3n) is 6.68. The summed E-state index contributed by atoms with van der Waals surface area (Å²) in [5.41, 5.74) is 0.791. The molecule has 0 spiro atoms. The number of para-hydroxylation sites is 1. The zero-order valence-electron chi connectivity index (χ0n) is 25.0. The third-order valence-corrected chi connectivity index (χ3v) is 7.71. The lowest BCUT2D eigenvalue weighted by Gasteiger charge is -2.16. The molecule has 3 amide bonds. The molecule has 40 heavy (non-hydrogen) atoms. The first kappa shape index (κ1) is 23.8. The molecule has 3 aromatic rings. The smallest absolute Gasteiger partial charge is 0.273 e. The first-order chi connectivity index (χ1) is 20.6. The monoisotopic (exact) mass is 567 g/mol. The number of hydrogen-bond donors (Lipinski definition) is 4. The van der Waals surface area contributed by atoms with Crippen LogP contribution >= 0.6 is 11.3 Å². The molecule has 2 aromatic heterocycles. The van der Waals surface area contributed by atoms with E-state index in [0.717, 1.165) is 32.5 Å². The highest BCUT2D eigenvalue weighted by Crippen LogP contribution is 2.40. The zero-order chi connectivity index (χ0) is 30.6. The summed E-state index contributed by atoms with van der Waals surface area (Å²) in [6.45, 7) is 0.719. The van der Waals surface area contributed by atoms with Gasteiger partial charge in [0.15, 0.2) is 17.3 Å². The second-order valence-corrected chi connectivity index (χ2v) is 10.6. The van der Waals surface area contributed by atoms with Crippen molar-refractivity contribution in [2.45, 2.75) is 25.7 Å². The van der Waals surface area contributed by atoms with Gasteiger partial charge in [0.05, 0.1) is 30.2 Å². The van der Waals surface area contributed by atoms with Gasteiger partial charge in [-0.15, -0.1) is 21.5 Å². The van der Waals surface area contributed by atoms with Gasteiger partial charge in [0, 0.05) is 36.2 Å². The van der Waals surface area contributed by atoms with Crippen LogP contribution in [0, 0.1) is 5.92 Å². The maximum atomic E-state index is 12.8. The van der Waals surface area contributed by atoms with Crippen LogP contribution in [-0.4, -0.2) is 78.1 Å². The first-order valence-electron chi connectivity index (χ1n) is 14.5. The molecule has 1 saturated carbocycles. The molecule has 13 heteroatoms. The summed E-state index contributed by atoms with van der Waals surface area (Å²) in [6.07, 6.45) is 5.46. The number of nitrogens with one attached hydrogen (secondary N) is 4. The number of nitrogens with zero attached hydrogens (tertiary/aromatic N) is 4. The van der Waals surface area contributed by atoms with Crippen LogP contribution in [0.3, 0.4) is 0 Å². The van der Waals surface area contributed by atoms with Gasteiger partial charge in [0.1, 0.15) is 9.88 Å². The molecule has 5 rings (SSSR count). The molecular weight excluding hydrogens is 532 g/mol. The predicted octanol–water partition coefficient (Wildman–Crippen LogP) is 2.89. The first-order valence-corrected chi connectivity index (χ1v) is 13.8. The molecule has 2 aliphatic rings. The van der Waals surface area contributed by atoms with Crippen molar-refractivity contribution in [3.63, 3.8) is 0 Å². The minimum Gasteiger partial charge on any atom is -0.494 e. The number of methoxy groups -OCH3 is 1. The maximum Gasteiger partial charge on any atom is 0.273 e. The van der Waals surface area contributed by atoms with Gasteiger partial charge in [0.2, 0.25) is 5.91 Å². The van der Waals surface area contributed by atoms with Crippen LogP contribution in [0.25, 0.3) is 10.6 Å². The molecule has 1 saturated heterocycles. The van der Waals surface area contributed by atoms with Crippen molar-refractivity contribution in [2.75, 3.05) is 50.9 Å². The zero-order valence-corrected chi connectivity index (χ0v) is 22.8. The largest absolute Gasteiger partial charge is 0.494 e. The molecule has 0 radical (unpaired) electrons. The van der Waals surface area contributed by atoms with E-state index in [1.807, 2.05) is 5.32 Å². The predicted molar refractivity (Wildman–Crippen MR) is 152 cm³/mol. The molecule has 1 aliphatic heterocycles. The molecule has 1 aliphatic carbocycles. The molecule has 0 unspecified atom stereocenters. The Bertz CT molecular complexity index is 1510. The minimum absolute atomic E-state index is 0.0931. The van der Waals surface area contributed by atoms with E-state index in [9.17, 15) is 14.4 Å². The van der Waals surface area contributed by atoms with Gasteiger partial charge in [-0.05, 0) is 50.9 Å². The van der Waals surface area contributed by atoms with Crippen LogP contribution in [0.5, 0.6) is 5.75 Å². The summed E-state index contributed by atoms with van der Waals surface area (Å²) in [5, 5.41) is 19.0. The fraction of sp³-hybridized carbons (Fsp3) is 0.407. The minimum atomic E-state index is -2.75. The summed E-state index contributed by atoms with van der Waals surface area (Å²) in [6, 6.07) is 6.62. The molecule has 210 valence electrons. The van der Waals surface area contributed by atoms with Crippen molar-refractivity contribution >= 4 is 46.3 Å².